The third-order valence-electron chi connectivity index (χ3n) is 7.99. The van der Waals surface area contributed by atoms with E-state index >= 15 is 0 Å². The van der Waals surface area contributed by atoms with Gasteiger partial charge in [0.25, 0.3) is 0 Å². The Labute approximate surface area is 208 Å². The first-order chi connectivity index (χ1) is 16.5. The zero-order valence-corrected chi connectivity index (χ0v) is 21.3. The maximum absolute atomic E-state index is 13.4. The lowest BCUT2D eigenvalue weighted by Crippen LogP contribution is -2.26. The molecule has 1 nitrogen and oxygen atoms in total. The highest BCUT2D eigenvalue weighted by molar-refractivity contribution is 5.64. The van der Waals surface area contributed by atoms with Crippen molar-refractivity contribution in [2.45, 2.75) is 77.6 Å². The van der Waals surface area contributed by atoms with Gasteiger partial charge in [0.15, 0.2) is 11.6 Å². The van der Waals surface area contributed by atoms with Gasteiger partial charge in [0.2, 0.25) is 0 Å². The molecule has 0 bridgehead atoms. The minimum Gasteiger partial charge on any atom is -0.494 e. The van der Waals surface area contributed by atoms with E-state index in [1.807, 2.05) is 0 Å². The van der Waals surface area contributed by atoms with Crippen LogP contribution in [-0.4, -0.2) is 13.8 Å². The molecule has 0 unspecified atom stereocenters. The maximum atomic E-state index is 13.4. The molecule has 0 atom stereocenters. The molecule has 2 aliphatic carbocycles. The first kappa shape index (κ1) is 29.2. The van der Waals surface area contributed by atoms with Crippen molar-refractivity contribution in [1.29, 1.82) is 0 Å². The van der Waals surface area contributed by atoms with Crippen molar-refractivity contribution < 1.29 is 22.6 Å². The topological polar surface area (TPSA) is 9.23 Å². The number of ether oxygens (including phenoxy) is 1. The van der Waals surface area contributed by atoms with E-state index in [-0.39, 0.29) is 22.9 Å². The largest absolute Gasteiger partial charge is 0.494 e. The Morgan fingerprint density at radius 2 is 1.26 bits per heavy atom. The molecule has 2 aromatic rings. The molecule has 2 aromatic carbocycles. The van der Waals surface area contributed by atoms with Gasteiger partial charge in [-0.15, -0.1) is 0 Å². The second-order valence-electron chi connectivity index (χ2n) is 10.2. The molecule has 196 valence electrons. The standard InChI is InChI=1S/C17H31F.C13H10F2O.FH/c1-2-3-14-4-8-16(9-5-14)17-10-6-15(7-11-17)12-13-18;1-16-13-7-4-10(8-12(13)15)9-2-5-11(14)6-3-9;/h14-17H,2-13H2,1H3;2-8H,1H3;1H. The summed E-state index contributed by atoms with van der Waals surface area (Å²) in [6.07, 6.45) is 15.0. The number of alkyl halides is 1. The summed E-state index contributed by atoms with van der Waals surface area (Å²) < 4.78 is 43.3. The first-order valence-electron chi connectivity index (χ1n) is 13.2. The molecular weight excluding hydrogens is 452 g/mol. The van der Waals surface area contributed by atoms with E-state index in [0.717, 1.165) is 29.7 Å². The molecule has 0 saturated heterocycles. The van der Waals surface area contributed by atoms with Crippen molar-refractivity contribution in [1.82, 2.24) is 0 Å². The molecule has 2 aliphatic rings. The summed E-state index contributed by atoms with van der Waals surface area (Å²) >= 11 is 0. The fourth-order valence-corrected chi connectivity index (χ4v) is 5.95. The van der Waals surface area contributed by atoms with Crippen molar-refractivity contribution in [3.05, 3.63) is 54.1 Å². The van der Waals surface area contributed by atoms with Gasteiger partial charge >= 0.3 is 0 Å². The lowest BCUT2D eigenvalue weighted by atomic mass is 9.68. The summed E-state index contributed by atoms with van der Waals surface area (Å²) in [6.45, 7) is 2.22. The molecule has 0 radical (unpaired) electrons. The van der Waals surface area contributed by atoms with E-state index < -0.39 is 5.82 Å². The van der Waals surface area contributed by atoms with Crippen LogP contribution < -0.4 is 4.74 Å². The van der Waals surface area contributed by atoms with Crippen LogP contribution in [0.25, 0.3) is 11.1 Å². The number of rotatable bonds is 7. The predicted octanol–water partition coefficient (Wildman–Crippen LogP) is 9.55. The molecule has 0 amide bonds. The van der Waals surface area contributed by atoms with Crippen LogP contribution in [0.3, 0.4) is 0 Å². The van der Waals surface area contributed by atoms with E-state index in [1.165, 1.54) is 89.5 Å². The van der Waals surface area contributed by atoms with Crippen LogP contribution in [0.2, 0.25) is 0 Å². The molecule has 0 aliphatic heterocycles. The third-order valence-corrected chi connectivity index (χ3v) is 7.99. The van der Waals surface area contributed by atoms with Gasteiger partial charge in [-0.3, -0.25) is 9.09 Å². The normalized spacial score (nSPS) is 24.0. The van der Waals surface area contributed by atoms with E-state index in [0.29, 0.717) is 11.5 Å². The van der Waals surface area contributed by atoms with Crippen molar-refractivity contribution in [2.75, 3.05) is 13.8 Å². The number of hydrogen-bond donors (Lipinski definition) is 0. The molecule has 4 rings (SSSR count). The molecule has 35 heavy (non-hydrogen) atoms. The number of methoxy groups -OCH3 is 1. The van der Waals surface area contributed by atoms with Crippen molar-refractivity contribution in [2.24, 2.45) is 23.7 Å². The summed E-state index contributed by atoms with van der Waals surface area (Å²) in [5.74, 6) is 3.22. The Morgan fingerprint density at radius 3 is 1.71 bits per heavy atom. The van der Waals surface area contributed by atoms with E-state index in [2.05, 4.69) is 6.92 Å². The van der Waals surface area contributed by atoms with Crippen LogP contribution in [0.4, 0.5) is 17.9 Å². The third kappa shape index (κ3) is 8.84. The molecule has 0 heterocycles. The summed E-state index contributed by atoms with van der Waals surface area (Å²) in [7, 11) is 1.41. The van der Waals surface area contributed by atoms with Crippen molar-refractivity contribution in [3.63, 3.8) is 0 Å². The molecule has 0 aromatic heterocycles. The highest BCUT2D eigenvalue weighted by Gasteiger charge is 2.30. The van der Waals surface area contributed by atoms with Gasteiger partial charge in [-0.2, -0.15) is 0 Å². The zero-order chi connectivity index (χ0) is 24.3. The fraction of sp³-hybridized carbons (Fsp3) is 0.600. The Balaban J connectivity index is 0.000000241. The Kier molecular flexibility index (Phi) is 12.6. The zero-order valence-electron chi connectivity index (χ0n) is 21.3. The molecule has 2 fully saturated rings. The summed E-state index contributed by atoms with van der Waals surface area (Å²) in [5, 5.41) is 0. The van der Waals surface area contributed by atoms with Gasteiger partial charge in [0, 0.05) is 0 Å². The predicted molar refractivity (Wildman–Crippen MR) is 137 cm³/mol. The smallest absolute Gasteiger partial charge is 0.165 e. The minimum atomic E-state index is -0.427. The van der Waals surface area contributed by atoms with Crippen LogP contribution in [0.15, 0.2) is 42.5 Å². The second-order valence-corrected chi connectivity index (χ2v) is 10.2. The highest BCUT2D eigenvalue weighted by atomic mass is 19.1. The van der Waals surface area contributed by atoms with Gasteiger partial charge in [-0.1, -0.05) is 63.6 Å². The SMILES string of the molecule is CCCC1CCC(C2CCC(CCF)CC2)CC1.COc1ccc(-c2ccc(F)cc2)cc1F.F. The van der Waals surface area contributed by atoms with E-state index in [1.54, 1.807) is 24.3 Å². The molecule has 2 saturated carbocycles. The van der Waals surface area contributed by atoms with Crippen LogP contribution in [0.1, 0.15) is 77.6 Å². The van der Waals surface area contributed by atoms with Gasteiger partial charge in [0.1, 0.15) is 5.82 Å². The molecular formula is C30H42F4O. The van der Waals surface area contributed by atoms with Crippen LogP contribution in [-0.2, 0) is 0 Å². The van der Waals surface area contributed by atoms with Crippen molar-refractivity contribution in [3.8, 4) is 16.9 Å². The van der Waals surface area contributed by atoms with E-state index in [9.17, 15) is 13.2 Å². The van der Waals surface area contributed by atoms with Crippen LogP contribution in [0, 0.1) is 35.3 Å². The minimum absolute atomic E-state index is 0. The summed E-state index contributed by atoms with van der Waals surface area (Å²) in [4.78, 5) is 0. The average molecular weight is 495 g/mol. The molecule has 0 spiro atoms. The van der Waals surface area contributed by atoms with Crippen molar-refractivity contribution >= 4 is 0 Å². The summed E-state index contributed by atoms with van der Waals surface area (Å²) in [5.41, 5.74) is 1.46. The van der Waals surface area contributed by atoms with Gasteiger partial charge in [-0.25, -0.2) is 8.78 Å². The number of halogens is 4. The first-order valence-corrected chi connectivity index (χ1v) is 13.2. The highest BCUT2D eigenvalue weighted by Crippen LogP contribution is 2.42. The quantitative estimate of drug-likeness (QED) is 0.348. The monoisotopic (exact) mass is 494 g/mol. The van der Waals surface area contributed by atoms with Gasteiger partial charge < -0.3 is 4.74 Å². The second kappa shape index (κ2) is 15.2. The molecule has 5 heteroatoms. The van der Waals surface area contributed by atoms with Crippen LogP contribution >= 0.6 is 0 Å². The Hall–Kier alpha value is -2.04. The average Bonchev–Trinajstić information content (AvgIpc) is 2.86. The van der Waals surface area contributed by atoms with Gasteiger partial charge in [-0.05, 0) is 91.2 Å². The Bertz CT molecular complexity index is 814. The van der Waals surface area contributed by atoms with Crippen LogP contribution in [0.5, 0.6) is 5.75 Å². The lowest BCUT2D eigenvalue weighted by Gasteiger charge is -2.37. The fourth-order valence-electron chi connectivity index (χ4n) is 5.95. The number of benzene rings is 2. The maximum Gasteiger partial charge on any atom is 0.165 e. The van der Waals surface area contributed by atoms with Gasteiger partial charge in [0.05, 0.1) is 13.8 Å². The molecule has 0 N–H and O–H groups in total. The summed E-state index contributed by atoms with van der Waals surface area (Å²) in [6, 6.07) is 10.6. The Morgan fingerprint density at radius 1 is 0.743 bits per heavy atom. The number of hydrogen-bond acceptors (Lipinski definition) is 1. The van der Waals surface area contributed by atoms with E-state index in [4.69, 9.17) is 4.74 Å². The lowest BCUT2D eigenvalue weighted by molar-refractivity contribution is 0.138.